The molecule has 1 aromatic heterocycles. The fourth-order valence-corrected chi connectivity index (χ4v) is 1.94. The number of Topliss-reactive ketones (excluding diaryl/α,β-unsaturated/α-hetero) is 1. The first kappa shape index (κ1) is 12.3. The minimum absolute atomic E-state index is 0.0443. The average molecular weight is 237 g/mol. The van der Waals surface area contributed by atoms with Gasteiger partial charge in [0.15, 0.2) is 5.78 Å². The Bertz CT molecular complexity index is 421. The average Bonchev–Trinajstić information content (AvgIpc) is 2.70. The van der Waals surface area contributed by atoms with Crippen molar-refractivity contribution in [3.8, 4) is 0 Å². The molecule has 0 radical (unpaired) electrons. The summed E-state index contributed by atoms with van der Waals surface area (Å²) in [5.74, 6) is 0.0443. The van der Waals surface area contributed by atoms with Crippen LogP contribution >= 0.6 is 11.3 Å². The van der Waals surface area contributed by atoms with E-state index in [1.54, 1.807) is 6.08 Å². The molecular formula is C11H15N3OS. The molecule has 0 spiro atoms. The molecule has 86 valence electrons. The lowest BCUT2D eigenvalue weighted by atomic mass is 10.3. The predicted octanol–water partition coefficient (Wildman–Crippen LogP) is 1.10. The summed E-state index contributed by atoms with van der Waals surface area (Å²) in [5, 5.41) is 2.90. The highest BCUT2D eigenvalue weighted by Crippen LogP contribution is 2.15. The monoisotopic (exact) mass is 237 g/mol. The molecule has 5 heteroatoms. The van der Waals surface area contributed by atoms with Crippen molar-refractivity contribution < 1.29 is 4.79 Å². The zero-order valence-electron chi connectivity index (χ0n) is 9.07. The first-order chi connectivity index (χ1) is 7.67. The summed E-state index contributed by atoms with van der Waals surface area (Å²) in [5.41, 5.74) is 11.2. The van der Waals surface area contributed by atoms with E-state index < -0.39 is 0 Å². The lowest BCUT2D eigenvalue weighted by Crippen LogP contribution is -2.22. The summed E-state index contributed by atoms with van der Waals surface area (Å²) in [6.07, 6.45) is 4.34. The highest BCUT2D eigenvalue weighted by atomic mass is 32.1. The van der Waals surface area contributed by atoms with Crippen LogP contribution in [0.25, 0.3) is 0 Å². The fourth-order valence-electron chi connectivity index (χ4n) is 1.13. The van der Waals surface area contributed by atoms with Crippen molar-refractivity contribution in [2.75, 3.05) is 6.54 Å². The smallest absolute Gasteiger partial charge is 0.191 e. The van der Waals surface area contributed by atoms with Crippen LogP contribution in [0, 0.1) is 6.92 Å². The van der Waals surface area contributed by atoms with Gasteiger partial charge in [0.05, 0.1) is 17.1 Å². The second kappa shape index (κ2) is 5.97. The molecule has 1 aromatic rings. The van der Waals surface area contributed by atoms with E-state index in [9.17, 15) is 4.79 Å². The van der Waals surface area contributed by atoms with E-state index in [0.717, 1.165) is 9.75 Å². The molecular weight excluding hydrogens is 222 g/mol. The van der Waals surface area contributed by atoms with Crippen LogP contribution in [0.5, 0.6) is 0 Å². The molecule has 5 N–H and O–H groups in total. The Kier molecular flexibility index (Phi) is 4.60. The third kappa shape index (κ3) is 3.43. The summed E-state index contributed by atoms with van der Waals surface area (Å²) in [6.45, 7) is 2.19. The van der Waals surface area contributed by atoms with Gasteiger partial charge in [-0.05, 0) is 31.3 Å². The lowest BCUT2D eigenvalue weighted by Gasteiger charge is -2.04. The molecule has 4 nitrogen and oxygen atoms in total. The van der Waals surface area contributed by atoms with Gasteiger partial charge in [-0.1, -0.05) is 0 Å². The van der Waals surface area contributed by atoms with Crippen molar-refractivity contribution in [3.63, 3.8) is 0 Å². The fraction of sp³-hybridized carbons (Fsp3) is 0.182. The van der Waals surface area contributed by atoms with Crippen LogP contribution in [-0.2, 0) is 0 Å². The first-order valence-electron chi connectivity index (χ1n) is 4.81. The SMILES string of the molecule is Cc1ccc(C(=O)CNC(/C=C\N)=C/N)s1. The van der Waals surface area contributed by atoms with E-state index in [0.29, 0.717) is 5.70 Å². The molecule has 16 heavy (non-hydrogen) atoms. The van der Waals surface area contributed by atoms with Gasteiger partial charge < -0.3 is 16.8 Å². The van der Waals surface area contributed by atoms with E-state index in [4.69, 9.17) is 11.5 Å². The number of rotatable bonds is 5. The Balaban J connectivity index is 2.53. The summed E-state index contributed by atoms with van der Waals surface area (Å²) < 4.78 is 0. The van der Waals surface area contributed by atoms with Crippen LogP contribution in [-0.4, -0.2) is 12.3 Å². The van der Waals surface area contributed by atoms with Gasteiger partial charge in [0, 0.05) is 11.1 Å². The van der Waals surface area contributed by atoms with E-state index in [-0.39, 0.29) is 12.3 Å². The van der Waals surface area contributed by atoms with Crippen LogP contribution in [0.3, 0.4) is 0 Å². The third-order valence-electron chi connectivity index (χ3n) is 1.92. The van der Waals surface area contributed by atoms with Gasteiger partial charge in [0.2, 0.25) is 0 Å². The van der Waals surface area contributed by atoms with Crippen molar-refractivity contribution in [2.24, 2.45) is 11.5 Å². The number of hydrogen-bond donors (Lipinski definition) is 3. The maximum atomic E-state index is 11.7. The highest BCUT2D eigenvalue weighted by molar-refractivity contribution is 7.14. The standard InChI is InChI=1S/C11H15N3OS/c1-8-2-3-11(16-8)10(15)7-14-9(6-13)4-5-12/h2-6,14H,7,12-13H2,1H3/b5-4-,9-6+. The molecule has 0 fully saturated rings. The molecule has 0 saturated carbocycles. The van der Waals surface area contributed by atoms with Gasteiger partial charge >= 0.3 is 0 Å². The molecule has 0 aliphatic rings. The van der Waals surface area contributed by atoms with Gasteiger partial charge in [-0.2, -0.15) is 0 Å². The molecule has 0 aliphatic carbocycles. The van der Waals surface area contributed by atoms with Crippen LogP contribution in [0.2, 0.25) is 0 Å². The quantitative estimate of drug-likeness (QED) is 0.529. The van der Waals surface area contributed by atoms with E-state index in [1.807, 2.05) is 19.1 Å². The number of allylic oxidation sites excluding steroid dienone is 1. The molecule has 1 rings (SSSR count). The van der Waals surface area contributed by atoms with Gasteiger partial charge in [-0.25, -0.2) is 0 Å². The molecule has 0 aliphatic heterocycles. The number of carbonyl (C=O) groups is 1. The number of ketones is 1. The van der Waals surface area contributed by atoms with Crippen molar-refractivity contribution in [1.82, 2.24) is 5.32 Å². The summed E-state index contributed by atoms with van der Waals surface area (Å²) in [7, 11) is 0. The van der Waals surface area contributed by atoms with Crippen molar-refractivity contribution in [1.29, 1.82) is 0 Å². The maximum Gasteiger partial charge on any atom is 0.191 e. The Hall–Kier alpha value is -1.75. The lowest BCUT2D eigenvalue weighted by molar-refractivity contribution is 0.0998. The topological polar surface area (TPSA) is 81.1 Å². The minimum Gasteiger partial charge on any atom is -0.405 e. The molecule has 0 saturated heterocycles. The number of nitrogens with one attached hydrogen (secondary N) is 1. The van der Waals surface area contributed by atoms with Gasteiger partial charge in [0.1, 0.15) is 0 Å². The van der Waals surface area contributed by atoms with Crippen molar-refractivity contribution in [3.05, 3.63) is 46.1 Å². The van der Waals surface area contributed by atoms with Gasteiger partial charge in [-0.3, -0.25) is 4.79 Å². The zero-order chi connectivity index (χ0) is 12.0. The highest BCUT2D eigenvalue weighted by Gasteiger charge is 2.07. The Morgan fingerprint density at radius 3 is 2.75 bits per heavy atom. The first-order valence-corrected chi connectivity index (χ1v) is 5.62. The zero-order valence-corrected chi connectivity index (χ0v) is 9.88. The Morgan fingerprint density at radius 2 is 2.25 bits per heavy atom. The number of hydrogen-bond acceptors (Lipinski definition) is 5. The van der Waals surface area contributed by atoms with Crippen molar-refractivity contribution >= 4 is 17.1 Å². The van der Waals surface area contributed by atoms with Crippen LogP contribution in [0.4, 0.5) is 0 Å². The second-order valence-corrected chi connectivity index (χ2v) is 4.46. The Labute approximate surface area is 98.6 Å². The predicted molar refractivity (Wildman–Crippen MR) is 67.0 cm³/mol. The van der Waals surface area contributed by atoms with E-state index in [2.05, 4.69) is 5.32 Å². The molecule has 0 bridgehead atoms. The van der Waals surface area contributed by atoms with Crippen LogP contribution < -0.4 is 16.8 Å². The summed E-state index contributed by atoms with van der Waals surface area (Å²) in [4.78, 5) is 13.6. The Morgan fingerprint density at radius 1 is 1.50 bits per heavy atom. The third-order valence-corrected chi connectivity index (χ3v) is 2.97. The minimum atomic E-state index is 0.0443. The largest absolute Gasteiger partial charge is 0.405 e. The maximum absolute atomic E-state index is 11.7. The van der Waals surface area contributed by atoms with Gasteiger partial charge in [-0.15, -0.1) is 11.3 Å². The van der Waals surface area contributed by atoms with Crippen LogP contribution in [0.1, 0.15) is 14.5 Å². The van der Waals surface area contributed by atoms with E-state index in [1.165, 1.54) is 23.7 Å². The molecule has 0 amide bonds. The molecule has 0 unspecified atom stereocenters. The normalized spacial score (nSPS) is 11.9. The molecule has 0 atom stereocenters. The number of thiophene rings is 1. The van der Waals surface area contributed by atoms with Crippen LogP contribution in [0.15, 0.2) is 36.3 Å². The van der Waals surface area contributed by atoms with Gasteiger partial charge in [0.25, 0.3) is 0 Å². The molecule has 0 aromatic carbocycles. The number of aryl methyl sites for hydroxylation is 1. The van der Waals surface area contributed by atoms with Crippen molar-refractivity contribution in [2.45, 2.75) is 6.92 Å². The second-order valence-electron chi connectivity index (χ2n) is 3.17. The summed E-state index contributed by atoms with van der Waals surface area (Å²) >= 11 is 1.49. The summed E-state index contributed by atoms with van der Waals surface area (Å²) in [6, 6.07) is 3.76. The van der Waals surface area contributed by atoms with E-state index >= 15 is 0 Å². The molecule has 1 heterocycles. The number of nitrogens with two attached hydrogens (primary N) is 2. The number of carbonyl (C=O) groups excluding carboxylic acids is 1.